The number of terminal acetylenes is 1. The number of aliphatic hydroxyl groups excluding tert-OH is 1. The molecule has 0 spiro atoms. The molecule has 0 bridgehead atoms. The third-order valence-corrected chi connectivity index (χ3v) is 5.78. The van der Waals surface area contributed by atoms with Gasteiger partial charge in [-0.1, -0.05) is 30.3 Å². The monoisotopic (exact) mass is 398 g/mol. The minimum Gasteiger partial charge on any atom is -0.394 e. The molecule has 1 fully saturated rings. The number of hydrogen-bond acceptors (Lipinski definition) is 6. The van der Waals surface area contributed by atoms with E-state index >= 15 is 0 Å². The summed E-state index contributed by atoms with van der Waals surface area (Å²) in [6.45, 7) is 3.97. The van der Waals surface area contributed by atoms with Crippen molar-refractivity contribution >= 4 is 5.91 Å². The number of aliphatic hydroxyl groups is 1. The molecule has 2 aliphatic rings. The summed E-state index contributed by atoms with van der Waals surface area (Å²) in [6, 6.07) is 10.3. The number of morpholine rings is 1. The van der Waals surface area contributed by atoms with E-state index < -0.39 is 11.2 Å². The van der Waals surface area contributed by atoms with Crippen molar-refractivity contribution in [1.82, 2.24) is 10.2 Å². The molecule has 0 aliphatic carbocycles. The van der Waals surface area contributed by atoms with Crippen molar-refractivity contribution in [2.24, 2.45) is 10.2 Å². The molecule has 0 saturated carbocycles. The highest BCUT2D eigenvalue weighted by Crippen LogP contribution is 2.37. The Kier molecular flexibility index (Phi) is 7.01. The van der Waals surface area contributed by atoms with Crippen molar-refractivity contribution in [2.45, 2.75) is 56.4 Å². The van der Waals surface area contributed by atoms with E-state index in [2.05, 4.69) is 45.4 Å². The van der Waals surface area contributed by atoms with Gasteiger partial charge in [0.1, 0.15) is 0 Å². The predicted octanol–water partition coefficient (Wildman–Crippen LogP) is 2.11. The van der Waals surface area contributed by atoms with Crippen LogP contribution in [0.4, 0.5) is 0 Å². The number of nitrogens with one attached hydrogen (secondary N) is 1. The van der Waals surface area contributed by atoms with E-state index in [4.69, 9.17) is 11.2 Å². The number of hydrogen-bond donors (Lipinski definition) is 2. The van der Waals surface area contributed by atoms with Gasteiger partial charge in [0.2, 0.25) is 5.91 Å². The fourth-order valence-electron chi connectivity index (χ4n) is 3.84. The first kappa shape index (κ1) is 21.4. The zero-order valence-corrected chi connectivity index (χ0v) is 17.0. The zero-order chi connectivity index (χ0) is 20.7. The maximum atomic E-state index is 12.5. The predicted molar refractivity (Wildman–Crippen MR) is 110 cm³/mol. The van der Waals surface area contributed by atoms with Crippen molar-refractivity contribution in [3.05, 3.63) is 35.9 Å². The quantitative estimate of drug-likeness (QED) is 0.591. The topological polar surface area (TPSA) is 86.5 Å². The zero-order valence-electron chi connectivity index (χ0n) is 17.0. The molecule has 1 saturated heterocycles. The molecule has 2 heterocycles. The van der Waals surface area contributed by atoms with Gasteiger partial charge in [-0.3, -0.25) is 9.69 Å². The van der Waals surface area contributed by atoms with Gasteiger partial charge in [-0.05, 0) is 12.5 Å². The molecule has 7 nitrogen and oxygen atoms in total. The van der Waals surface area contributed by atoms with Crippen LogP contribution in [0.3, 0.4) is 0 Å². The Hall–Kier alpha value is -2.27. The van der Waals surface area contributed by atoms with Crippen LogP contribution in [0.1, 0.15) is 38.2 Å². The average molecular weight is 399 g/mol. The van der Waals surface area contributed by atoms with Gasteiger partial charge >= 0.3 is 0 Å². The highest BCUT2D eigenvalue weighted by molar-refractivity contribution is 5.76. The van der Waals surface area contributed by atoms with E-state index in [-0.39, 0.29) is 18.6 Å². The number of nitrogens with zero attached hydrogens (tertiary/aromatic N) is 3. The molecule has 7 heteroatoms. The maximum absolute atomic E-state index is 12.5. The van der Waals surface area contributed by atoms with Crippen LogP contribution in [0, 0.1) is 12.3 Å². The minimum absolute atomic E-state index is 0.0758. The summed E-state index contributed by atoms with van der Waals surface area (Å²) in [5.41, 5.74) is 0.0524. The molecule has 1 aromatic carbocycles. The first-order valence-electron chi connectivity index (χ1n) is 10.2. The molecule has 0 aromatic heterocycles. The summed E-state index contributed by atoms with van der Waals surface area (Å²) in [5.74, 6) is 2.52. The normalized spacial score (nSPS) is 25.3. The van der Waals surface area contributed by atoms with Gasteiger partial charge in [-0.15, -0.1) is 12.3 Å². The molecule has 29 heavy (non-hydrogen) atoms. The minimum atomic E-state index is -0.654. The first-order valence-corrected chi connectivity index (χ1v) is 10.2. The van der Waals surface area contributed by atoms with Crippen molar-refractivity contribution in [1.29, 1.82) is 0 Å². The standard InChI is InChI=1S/C22H30N4O3/c1-3-4-11-22(24-25-22)12-10-20(28)23-15-21(16-27)17-29-14-18(2)26(21)13-19-8-6-5-7-9-19/h1,5-9,18,27H,4,10-17H2,2H3,(H,23,28)/t18-,21+/m1/s1. The molecule has 2 aliphatic heterocycles. The SMILES string of the molecule is C#CCCC1(CCC(=O)NC[C@]2(CO)COC[C@@H](C)N2Cc2ccccc2)N=N1. The third-order valence-electron chi connectivity index (χ3n) is 5.78. The number of benzene rings is 1. The van der Waals surface area contributed by atoms with E-state index in [1.54, 1.807) is 0 Å². The van der Waals surface area contributed by atoms with Crippen molar-refractivity contribution in [2.75, 3.05) is 26.4 Å². The molecule has 0 unspecified atom stereocenters. The Bertz CT molecular complexity index is 755. The van der Waals surface area contributed by atoms with Crippen LogP contribution in [0.5, 0.6) is 0 Å². The maximum Gasteiger partial charge on any atom is 0.220 e. The number of rotatable bonds is 10. The smallest absolute Gasteiger partial charge is 0.220 e. The lowest BCUT2D eigenvalue weighted by Gasteiger charge is -2.49. The Morgan fingerprint density at radius 3 is 2.79 bits per heavy atom. The van der Waals surface area contributed by atoms with Crippen molar-refractivity contribution in [3.8, 4) is 12.3 Å². The van der Waals surface area contributed by atoms with Gasteiger partial charge in [0.15, 0.2) is 5.66 Å². The molecule has 0 radical (unpaired) electrons. The lowest BCUT2D eigenvalue weighted by Crippen LogP contribution is -2.66. The van der Waals surface area contributed by atoms with Crippen LogP contribution < -0.4 is 5.32 Å². The first-order chi connectivity index (χ1) is 14.0. The third kappa shape index (κ3) is 5.41. The molecule has 3 rings (SSSR count). The fourth-order valence-corrected chi connectivity index (χ4v) is 3.84. The average Bonchev–Trinajstić information content (AvgIpc) is 3.52. The van der Waals surface area contributed by atoms with Crippen LogP contribution in [-0.4, -0.2) is 59.5 Å². The second-order valence-corrected chi connectivity index (χ2v) is 8.02. The van der Waals surface area contributed by atoms with Crippen LogP contribution in [0.2, 0.25) is 0 Å². The lowest BCUT2D eigenvalue weighted by atomic mass is 9.93. The number of carbonyl (C=O) groups excluding carboxylic acids is 1. The van der Waals surface area contributed by atoms with Crippen LogP contribution in [0.25, 0.3) is 0 Å². The van der Waals surface area contributed by atoms with Crippen molar-refractivity contribution < 1.29 is 14.6 Å². The lowest BCUT2D eigenvalue weighted by molar-refractivity contribution is -0.132. The molecule has 2 atom stereocenters. The van der Waals surface area contributed by atoms with E-state index in [0.717, 1.165) is 5.56 Å². The van der Waals surface area contributed by atoms with Crippen LogP contribution in [0.15, 0.2) is 40.6 Å². The molecular weight excluding hydrogens is 368 g/mol. The Morgan fingerprint density at radius 2 is 2.14 bits per heavy atom. The van der Waals surface area contributed by atoms with Crippen molar-refractivity contribution in [3.63, 3.8) is 0 Å². The highest BCUT2D eigenvalue weighted by atomic mass is 16.5. The van der Waals surface area contributed by atoms with E-state index in [1.165, 1.54) is 0 Å². The van der Waals surface area contributed by atoms with Gasteiger partial charge in [-0.25, -0.2) is 0 Å². The molecule has 2 N–H and O–H groups in total. The van der Waals surface area contributed by atoms with E-state index in [9.17, 15) is 9.90 Å². The van der Waals surface area contributed by atoms with E-state index in [0.29, 0.717) is 52.0 Å². The molecule has 1 amide bonds. The summed E-state index contributed by atoms with van der Waals surface area (Å²) < 4.78 is 5.76. The number of ether oxygens (including phenoxy) is 1. The van der Waals surface area contributed by atoms with Gasteiger partial charge < -0.3 is 15.2 Å². The Morgan fingerprint density at radius 1 is 1.38 bits per heavy atom. The Labute approximate surface area is 172 Å². The largest absolute Gasteiger partial charge is 0.394 e. The van der Waals surface area contributed by atoms with Crippen LogP contribution >= 0.6 is 0 Å². The molecular formula is C22H30N4O3. The van der Waals surface area contributed by atoms with Gasteiger partial charge in [0.25, 0.3) is 0 Å². The summed E-state index contributed by atoms with van der Waals surface area (Å²) in [7, 11) is 0. The van der Waals surface area contributed by atoms with Gasteiger partial charge in [-0.2, -0.15) is 10.2 Å². The second kappa shape index (κ2) is 9.49. The summed E-state index contributed by atoms with van der Waals surface area (Å²) in [4.78, 5) is 14.7. The fraction of sp³-hybridized carbons (Fsp3) is 0.591. The highest BCUT2D eigenvalue weighted by Gasteiger charge is 2.43. The Balaban J connectivity index is 1.58. The van der Waals surface area contributed by atoms with Crippen LogP contribution in [-0.2, 0) is 16.1 Å². The second-order valence-electron chi connectivity index (χ2n) is 8.02. The number of amides is 1. The van der Waals surface area contributed by atoms with Gasteiger partial charge in [0, 0.05) is 44.8 Å². The van der Waals surface area contributed by atoms with E-state index in [1.807, 2.05) is 18.2 Å². The summed E-state index contributed by atoms with van der Waals surface area (Å²) in [6.07, 6.45) is 7.49. The molecule has 1 aromatic rings. The summed E-state index contributed by atoms with van der Waals surface area (Å²) in [5, 5.41) is 21.4. The summed E-state index contributed by atoms with van der Waals surface area (Å²) >= 11 is 0. The number of carbonyl (C=O) groups is 1. The molecule has 156 valence electrons. The van der Waals surface area contributed by atoms with Gasteiger partial charge in [0.05, 0.1) is 25.4 Å².